The second kappa shape index (κ2) is 8.49. The molecule has 1 heterocycles. The first-order chi connectivity index (χ1) is 12.6. The van der Waals surface area contributed by atoms with Gasteiger partial charge in [0.2, 0.25) is 0 Å². The Morgan fingerprint density at radius 2 is 1.85 bits per heavy atom. The maximum absolute atomic E-state index is 12.6. The van der Waals surface area contributed by atoms with E-state index in [2.05, 4.69) is 0 Å². The van der Waals surface area contributed by atoms with Gasteiger partial charge in [0.05, 0.1) is 25.7 Å². The Bertz CT molecular complexity index is 762. The molecule has 0 saturated carbocycles. The van der Waals surface area contributed by atoms with E-state index in [4.69, 9.17) is 14.6 Å². The number of hydrogen-bond acceptors (Lipinski definition) is 4. The molecular weight excluding hydrogens is 334 g/mol. The van der Waals surface area contributed by atoms with Crippen LogP contribution in [-0.2, 0) is 14.3 Å². The van der Waals surface area contributed by atoms with Gasteiger partial charge in [-0.2, -0.15) is 0 Å². The fourth-order valence-corrected chi connectivity index (χ4v) is 3.02. The maximum Gasteiger partial charge on any atom is 0.305 e. The van der Waals surface area contributed by atoms with E-state index in [0.717, 1.165) is 11.1 Å². The van der Waals surface area contributed by atoms with Crippen molar-refractivity contribution in [3.63, 3.8) is 0 Å². The third-order valence-corrected chi connectivity index (χ3v) is 4.28. The lowest BCUT2D eigenvalue weighted by Crippen LogP contribution is -2.51. The van der Waals surface area contributed by atoms with Crippen molar-refractivity contribution < 1.29 is 24.2 Å². The van der Waals surface area contributed by atoms with E-state index in [1.54, 1.807) is 4.90 Å². The Morgan fingerprint density at radius 3 is 2.62 bits per heavy atom. The minimum Gasteiger partial charge on any atom is -0.483 e. The summed E-state index contributed by atoms with van der Waals surface area (Å²) in [6, 6.07) is 16.9. The van der Waals surface area contributed by atoms with E-state index in [1.807, 2.05) is 54.6 Å². The van der Waals surface area contributed by atoms with Gasteiger partial charge in [0, 0.05) is 12.1 Å². The quantitative estimate of drug-likeness (QED) is 0.861. The van der Waals surface area contributed by atoms with Gasteiger partial charge in [0.1, 0.15) is 5.75 Å². The van der Waals surface area contributed by atoms with Crippen molar-refractivity contribution in [1.82, 2.24) is 4.90 Å². The van der Waals surface area contributed by atoms with Crippen molar-refractivity contribution in [2.24, 2.45) is 0 Å². The minimum absolute atomic E-state index is 0.133. The van der Waals surface area contributed by atoms with E-state index >= 15 is 0 Å². The lowest BCUT2D eigenvalue weighted by molar-refractivity contribution is -0.147. The van der Waals surface area contributed by atoms with E-state index < -0.39 is 12.0 Å². The molecule has 2 aromatic rings. The molecule has 2 aromatic carbocycles. The molecule has 1 saturated heterocycles. The second-order valence-corrected chi connectivity index (χ2v) is 6.06. The molecule has 0 spiro atoms. The van der Waals surface area contributed by atoms with Crippen molar-refractivity contribution in [3.8, 4) is 16.9 Å². The SMILES string of the molecule is O=C(O)C[C@@H]1COCCN1C(=O)COc1ccccc1-c1ccccc1. The number of para-hydroxylation sites is 1. The first-order valence-corrected chi connectivity index (χ1v) is 8.51. The van der Waals surface area contributed by atoms with Crippen LogP contribution in [0.4, 0.5) is 0 Å². The van der Waals surface area contributed by atoms with Crippen molar-refractivity contribution in [3.05, 3.63) is 54.6 Å². The molecule has 6 nitrogen and oxygen atoms in total. The summed E-state index contributed by atoms with van der Waals surface area (Å²) in [6.45, 7) is 0.877. The normalized spacial score (nSPS) is 16.9. The number of carboxylic acid groups (broad SMARTS) is 1. The molecular formula is C20H21NO5. The highest BCUT2D eigenvalue weighted by Crippen LogP contribution is 2.29. The average molecular weight is 355 g/mol. The molecule has 1 amide bonds. The fourth-order valence-electron chi connectivity index (χ4n) is 3.02. The molecule has 6 heteroatoms. The highest BCUT2D eigenvalue weighted by molar-refractivity contribution is 5.80. The molecule has 1 fully saturated rings. The molecule has 0 aliphatic carbocycles. The summed E-state index contributed by atoms with van der Waals surface area (Å²) in [7, 11) is 0. The number of carbonyl (C=O) groups is 2. The van der Waals surface area contributed by atoms with E-state index in [9.17, 15) is 9.59 Å². The minimum atomic E-state index is -0.950. The number of aliphatic carboxylic acids is 1. The first kappa shape index (κ1) is 17.9. The smallest absolute Gasteiger partial charge is 0.305 e. The first-order valence-electron chi connectivity index (χ1n) is 8.51. The zero-order valence-corrected chi connectivity index (χ0v) is 14.3. The van der Waals surface area contributed by atoms with Crippen LogP contribution in [0.2, 0.25) is 0 Å². The summed E-state index contributed by atoms with van der Waals surface area (Å²) < 4.78 is 11.1. The predicted molar refractivity (Wildman–Crippen MR) is 95.9 cm³/mol. The summed E-state index contributed by atoms with van der Waals surface area (Å²) in [4.78, 5) is 25.1. The number of benzene rings is 2. The van der Waals surface area contributed by atoms with Gasteiger partial charge in [-0.25, -0.2) is 0 Å². The number of amides is 1. The summed E-state index contributed by atoms with van der Waals surface area (Å²) in [5, 5.41) is 9.01. The van der Waals surface area contributed by atoms with Gasteiger partial charge in [0.15, 0.2) is 6.61 Å². The Labute approximate surface area is 152 Å². The average Bonchev–Trinajstić information content (AvgIpc) is 2.67. The van der Waals surface area contributed by atoms with Gasteiger partial charge in [-0.15, -0.1) is 0 Å². The summed E-state index contributed by atoms with van der Waals surface area (Å²) in [5.74, 6) is -0.564. The monoisotopic (exact) mass is 355 g/mol. The molecule has 0 bridgehead atoms. The van der Waals surface area contributed by atoms with Crippen molar-refractivity contribution >= 4 is 11.9 Å². The molecule has 0 unspecified atom stereocenters. The van der Waals surface area contributed by atoms with Crippen LogP contribution in [0.3, 0.4) is 0 Å². The Kier molecular flexibility index (Phi) is 5.86. The Morgan fingerprint density at radius 1 is 1.12 bits per heavy atom. The number of rotatable bonds is 6. The van der Waals surface area contributed by atoms with Gasteiger partial charge in [-0.1, -0.05) is 48.5 Å². The zero-order valence-electron chi connectivity index (χ0n) is 14.3. The number of ether oxygens (including phenoxy) is 2. The zero-order chi connectivity index (χ0) is 18.4. The van der Waals surface area contributed by atoms with Crippen molar-refractivity contribution in [2.45, 2.75) is 12.5 Å². The molecule has 1 atom stereocenters. The Balaban J connectivity index is 1.69. The van der Waals surface area contributed by atoms with Crippen LogP contribution >= 0.6 is 0 Å². The number of carboxylic acids is 1. The molecule has 26 heavy (non-hydrogen) atoms. The predicted octanol–water partition coefficient (Wildman–Crippen LogP) is 2.43. The summed E-state index contributed by atoms with van der Waals surface area (Å²) >= 11 is 0. The van der Waals surface area contributed by atoms with Crippen LogP contribution in [0, 0.1) is 0 Å². The van der Waals surface area contributed by atoms with Crippen LogP contribution in [0.5, 0.6) is 5.75 Å². The standard InChI is InChI=1S/C20H21NO5/c22-19(21-10-11-25-13-16(21)12-20(23)24)14-26-18-9-5-4-8-17(18)15-6-2-1-3-7-15/h1-9,16H,10-14H2,(H,23,24)/t16-/m1/s1. The number of morpholine rings is 1. The van der Waals surface area contributed by atoms with Gasteiger partial charge >= 0.3 is 5.97 Å². The highest BCUT2D eigenvalue weighted by atomic mass is 16.5. The Hall–Kier alpha value is -2.86. The largest absolute Gasteiger partial charge is 0.483 e. The lowest BCUT2D eigenvalue weighted by Gasteiger charge is -2.34. The second-order valence-electron chi connectivity index (χ2n) is 6.06. The van der Waals surface area contributed by atoms with Crippen molar-refractivity contribution in [2.75, 3.05) is 26.4 Å². The van der Waals surface area contributed by atoms with Crippen molar-refractivity contribution in [1.29, 1.82) is 0 Å². The molecule has 1 N–H and O–H groups in total. The topological polar surface area (TPSA) is 76.1 Å². The summed E-state index contributed by atoms with van der Waals surface area (Å²) in [5.41, 5.74) is 1.91. The van der Waals surface area contributed by atoms with Crippen LogP contribution < -0.4 is 4.74 Å². The van der Waals surface area contributed by atoms with Crippen LogP contribution in [0.1, 0.15) is 6.42 Å². The molecule has 1 aliphatic rings. The molecule has 0 radical (unpaired) electrons. The van der Waals surface area contributed by atoms with Gasteiger partial charge in [-0.3, -0.25) is 9.59 Å². The highest BCUT2D eigenvalue weighted by Gasteiger charge is 2.29. The van der Waals surface area contributed by atoms with E-state index in [0.29, 0.717) is 18.9 Å². The van der Waals surface area contributed by atoms with Gasteiger partial charge in [0.25, 0.3) is 5.91 Å². The molecule has 3 rings (SSSR count). The fraction of sp³-hybridized carbons (Fsp3) is 0.300. The maximum atomic E-state index is 12.6. The molecule has 1 aliphatic heterocycles. The number of hydrogen-bond donors (Lipinski definition) is 1. The number of carbonyl (C=O) groups excluding carboxylic acids is 1. The van der Waals surface area contributed by atoms with Gasteiger partial charge in [-0.05, 0) is 11.6 Å². The third kappa shape index (κ3) is 4.40. The van der Waals surface area contributed by atoms with Gasteiger partial charge < -0.3 is 19.5 Å². The number of nitrogens with zero attached hydrogens (tertiary/aromatic N) is 1. The lowest BCUT2D eigenvalue weighted by atomic mass is 10.1. The van der Waals surface area contributed by atoms with E-state index in [1.165, 1.54) is 0 Å². The molecule has 136 valence electrons. The van der Waals surface area contributed by atoms with E-state index in [-0.39, 0.29) is 25.5 Å². The third-order valence-electron chi connectivity index (χ3n) is 4.28. The summed E-state index contributed by atoms with van der Waals surface area (Å²) in [6.07, 6.45) is -0.133. The van der Waals surface area contributed by atoms with Crippen LogP contribution in [0.25, 0.3) is 11.1 Å². The van der Waals surface area contributed by atoms with Crippen LogP contribution in [-0.4, -0.2) is 54.3 Å². The molecule has 0 aromatic heterocycles. The van der Waals surface area contributed by atoms with Crippen LogP contribution in [0.15, 0.2) is 54.6 Å².